The molecule has 1 unspecified atom stereocenters. The molecule has 0 bridgehead atoms. The van der Waals surface area contributed by atoms with Crippen LogP contribution in [-0.2, 0) is 0 Å². The number of rotatable bonds is 3. The zero-order valence-corrected chi connectivity index (χ0v) is 13.2. The summed E-state index contributed by atoms with van der Waals surface area (Å²) in [5.41, 5.74) is 1.40. The van der Waals surface area contributed by atoms with E-state index in [1.54, 1.807) is 25.1 Å². The summed E-state index contributed by atoms with van der Waals surface area (Å²) in [4.78, 5) is -0.476. The molecular formula is C15H12BrClF2O. The second kappa shape index (κ2) is 6.10. The molecule has 0 aromatic heterocycles. The molecule has 1 atom stereocenters. The van der Waals surface area contributed by atoms with E-state index < -0.39 is 16.5 Å². The fraction of sp³-hybridized carbons (Fsp3) is 0.200. The lowest BCUT2D eigenvalue weighted by Gasteiger charge is -2.16. The maximum absolute atomic E-state index is 14.0. The van der Waals surface area contributed by atoms with Gasteiger partial charge in [-0.2, -0.15) is 0 Å². The van der Waals surface area contributed by atoms with E-state index in [-0.39, 0.29) is 0 Å². The first-order chi connectivity index (χ1) is 9.43. The van der Waals surface area contributed by atoms with Gasteiger partial charge in [-0.1, -0.05) is 27.5 Å². The third-order valence-electron chi connectivity index (χ3n) is 3.02. The van der Waals surface area contributed by atoms with Crippen molar-refractivity contribution >= 4 is 27.5 Å². The fourth-order valence-electron chi connectivity index (χ4n) is 1.94. The molecule has 106 valence electrons. The Balaban J connectivity index is 2.54. The van der Waals surface area contributed by atoms with Crippen molar-refractivity contribution < 1.29 is 13.5 Å². The number of methoxy groups -OCH3 is 1. The highest BCUT2D eigenvalue weighted by molar-refractivity contribution is 9.09. The van der Waals surface area contributed by atoms with E-state index in [0.29, 0.717) is 27.5 Å². The Hall–Kier alpha value is -1.13. The monoisotopic (exact) mass is 360 g/mol. The summed E-state index contributed by atoms with van der Waals surface area (Å²) in [6, 6.07) is 7.45. The van der Waals surface area contributed by atoms with Crippen LogP contribution in [0.3, 0.4) is 0 Å². The van der Waals surface area contributed by atoms with E-state index in [1.165, 1.54) is 13.2 Å². The molecule has 5 heteroatoms. The number of ether oxygens (including phenoxy) is 1. The van der Waals surface area contributed by atoms with Crippen LogP contribution in [0.5, 0.6) is 5.75 Å². The number of hydrogen-bond donors (Lipinski definition) is 0. The van der Waals surface area contributed by atoms with Crippen LogP contribution in [0, 0.1) is 18.6 Å². The Morgan fingerprint density at radius 1 is 1.10 bits per heavy atom. The van der Waals surface area contributed by atoms with Gasteiger partial charge in [0, 0.05) is 22.2 Å². The van der Waals surface area contributed by atoms with Crippen LogP contribution < -0.4 is 4.74 Å². The van der Waals surface area contributed by atoms with Gasteiger partial charge in [0.25, 0.3) is 0 Å². The molecule has 0 saturated carbocycles. The van der Waals surface area contributed by atoms with Gasteiger partial charge in [-0.15, -0.1) is 0 Å². The molecule has 0 saturated heterocycles. The average Bonchev–Trinajstić information content (AvgIpc) is 2.42. The summed E-state index contributed by atoms with van der Waals surface area (Å²) < 4.78 is 32.5. The number of hydrogen-bond acceptors (Lipinski definition) is 1. The first-order valence-electron chi connectivity index (χ1n) is 5.87. The van der Waals surface area contributed by atoms with Crippen molar-refractivity contribution in [1.82, 2.24) is 0 Å². The lowest BCUT2D eigenvalue weighted by molar-refractivity contribution is 0.410. The van der Waals surface area contributed by atoms with Crippen LogP contribution in [0.15, 0.2) is 30.3 Å². The second-order valence-electron chi connectivity index (χ2n) is 4.37. The van der Waals surface area contributed by atoms with Crippen LogP contribution in [-0.4, -0.2) is 7.11 Å². The second-order valence-corrected chi connectivity index (χ2v) is 5.72. The van der Waals surface area contributed by atoms with Gasteiger partial charge >= 0.3 is 0 Å². The Morgan fingerprint density at radius 3 is 2.45 bits per heavy atom. The van der Waals surface area contributed by atoms with E-state index in [9.17, 15) is 8.78 Å². The SMILES string of the molecule is COc1ccc(Cl)cc1C(Br)c1cc(C)c(F)cc1F. The van der Waals surface area contributed by atoms with Gasteiger partial charge in [0.2, 0.25) is 0 Å². The molecule has 0 aliphatic heterocycles. The minimum atomic E-state index is -0.614. The van der Waals surface area contributed by atoms with Crippen molar-refractivity contribution in [2.24, 2.45) is 0 Å². The van der Waals surface area contributed by atoms with Gasteiger partial charge in [-0.3, -0.25) is 0 Å². The Morgan fingerprint density at radius 2 is 1.80 bits per heavy atom. The number of halogens is 4. The van der Waals surface area contributed by atoms with E-state index in [2.05, 4.69) is 15.9 Å². The smallest absolute Gasteiger partial charge is 0.130 e. The normalized spacial score (nSPS) is 12.3. The van der Waals surface area contributed by atoms with Gasteiger partial charge in [-0.25, -0.2) is 8.78 Å². The molecule has 1 nitrogen and oxygen atoms in total. The zero-order chi connectivity index (χ0) is 14.9. The summed E-state index contributed by atoms with van der Waals surface area (Å²) in [5.74, 6) is -0.598. The summed E-state index contributed by atoms with van der Waals surface area (Å²) in [6.07, 6.45) is 0. The molecule has 0 radical (unpaired) electrons. The molecule has 0 amide bonds. The van der Waals surface area contributed by atoms with Gasteiger partial charge in [0.05, 0.1) is 11.9 Å². The minimum Gasteiger partial charge on any atom is -0.496 e. The molecule has 20 heavy (non-hydrogen) atoms. The number of alkyl halides is 1. The summed E-state index contributed by atoms with van der Waals surface area (Å²) in [7, 11) is 1.53. The molecule has 0 heterocycles. The highest BCUT2D eigenvalue weighted by atomic mass is 79.9. The zero-order valence-electron chi connectivity index (χ0n) is 10.9. The van der Waals surface area contributed by atoms with Crippen LogP contribution in [0.2, 0.25) is 5.02 Å². The van der Waals surface area contributed by atoms with E-state index >= 15 is 0 Å². The molecular weight excluding hydrogens is 350 g/mol. The van der Waals surface area contributed by atoms with Gasteiger partial charge in [0.15, 0.2) is 0 Å². The minimum absolute atomic E-state index is 0.337. The van der Waals surface area contributed by atoms with Crippen LogP contribution in [0.25, 0.3) is 0 Å². The molecule has 2 aromatic carbocycles. The third-order valence-corrected chi connectivity index (χ3v) is 4.24. The summed E-state index contributed by atoms with van der Waals surface area (Å²) in [5, 5.41) is 0.518. The standard InChI is InChI=1S/C15H12BrClF2O/c1-8-5-10(13(19)7-12(8)18)15(16)11-6-9(17)3-4-14(11)20-2/h3-7,15H,1-2H3. The van der Waals surface area contributed by atoms with Crippen LogP contribution >= 0.6 is 27.5 Å². The predicted molar refractivity (Wildman–Crippen MR) is 79.9 cm³/mol. The fourth-order valence-corrected chi connectivity index (χ4v) is 2.83. The van der Waals surface area contributed by atoms with E-state index in [1.807, 2.05) is 0 Å². The molecule has 0 aliphatic rings. The highest BCUT2D eigenvalue weighted by Gasteiger charge is 2.20. The van der Waals surface area contributed by atoms with Crippen molar-refractivity contribution in [3.63, 3.8) is 0 Å². The first-order valence-corrected chi connectivity index (χ1v) is 7.16. The van der Waals surface area contributed by atoms with E-state index in [0.717, 1.165) is 6.07 Å². The third kappa shape index (κ3) is 2.96. The maximum Gasteiger partial charge on any atom is 0.130 e. The Bertz CT molecular complexity index is 646. The molecule has 0 fully saturated rings. The molecule has 0 N–H and O–H groups in total. The first kappa shape index (κ1) is 15.3. The van der Waals surface area contributed by atoms with Crippen LogP contribution in [0.4, 0.5) is 8.78 Å². The molecule has 2 rings (SSSR count). The molecule has 0 spiro atoms. The topological polar surface area (TPSA) is 9.23 Å². The largest absolute Gasteiger partial charge is 0.496 e. The average molecular weight is 362 g/mol. The van der Waals surface area contributed by atoms with Crippen molar-refractivity contribution in [2.45, 2.75) is 11.8 Å². The van der Waals surface area contributed by atoms with Gasteiger partial charge in [0.1, 0.15) is 17.4 Å². The van der Waals surface area contributed by atoms with Crippen LogP contribution in [0.1, 0.15) is 21.5 Å². The summed E-state index contributed by atoms with van der Waals surface area (Å²) >= 11 is 9.40. The Kier molecular flexibility index (Phi) is 4.66. The highest BCUT2D eigenvalue weighted by Crippen LogP contribution is 2.39. The van der Waals surface area contributed by atoms with Crippen molar-refractivity contribution in [3.05, 3.63) is 63.7 Å². The summed E-state index contributed by atoms with van der Waals surface area (Å²) in [6.45, 7) is 1.59. The van der Waals surface area contributed by atoms with Crippen molar-refractivity contribution in [1.29, 1.82) is 0 Å². The molecule has 0 aliphatic carbocycles. The van der Waals surface area contributed by atoms with Crippen molar-refractivity contribution in [2.75, 3.05) is 7.11 Å². The lowest BCUT2D eigenvalue weighted by Crippen LogP contribution is -2.01. The lowest BCUT2D eigenvalue weighted by atomic mass is 10.0. The Labute approximate surface area is 129 Å². The number of benzene rings is 2. The number of aryl methyl sites for hydroxylation is 1. The van der Waals surface area contributed by atoms with Crippen molar-refractivity contribution in [3.8, 4) is 5.75 Å². The quantitative estimate of drug-likeness (QED) is 0.663. The predicted octanol–water partition coefficient (Wildman–Crippen LogP) is 5.42. The van der Waals surface area contributed by atoms with Gasteiger partial charge in [-0.05, 0) is 36.8 Å². The van der Waals surface area contributed by atoms with Gasteiger partial charge < -0.3 is 4.74 Å². The maximum atomic E-state index is 14.0. The molecule has 2 aromatic rings. The van der Waals surface area contributed by atoms with E-state index in [4.69, 9.17) is 16.3 Å².